The Hall–Kier alpha value is -1.46. The van der Waals surface area contributed by atoms with Crippen molar-refractivity contribution in [2.24, 2.45) is 5.92 Å². The zero-order valence-electron chi connectivity index (χ0n) is 11.0. The Labute approximate surface area is 125 Å². The molecule has 0 radical (unpaired) electrons. The minimum Gasteiger partial charge on any atom is -0.477 e. The standard InChI is InChI=1S/C14H13ClFNO2S/c1-7(2)3-11-12(14(18)19)20-13(17-11)8-4-9(15)6-10(16)5-8/h4-7H,3H2,1-2H3,(H,18,19). The summed E-state index contributed by atoms with van der Waals surface area (Å²) in [6.07, 6.45) is 0.571. The maximum atomic E-state index is 13.4. The van der Waals surface area contributed by atoms with Gasteiger partial charge in [0.2, 0.25) is 0 Å². The molecule has 0 saturated heterocycles. The van der Waals surface area contributed by atoms with Crippen molar-refractivity contribution in [3.63, 3.8) is 0 Å². The van der Waals surface area contributed by atoms with Gasteiger partial charge in [0.25, 0.3) is 0 Å². The van der Waals surface area contributed by atoms with E-state index < -0.39 is 11.8 Å². The maximum absolute atomic E-state index is 13.4. The van der Waals surface area contributed by atoms with Crippen LogP contribution in [0, 0.1) is 11.7 Å². The molecule has 0 spiro atoms. The highest BCUT2D eigenvalue weighted by molar-refractivity contribution is 7.17. The molecule has 0 amide bonds. The molecule has 0 aliphatic carbocycles. The van der Waals surface area contributed by atoms with Gasteiger partial charge < -0.3 is 5.11 Å². The number of carboxylic acid groups (broad SMARTS) is 1. The van der Waals surface area contributed by atoms with Crippen LogP contribution in [0.25, 0.3) is 10.6 Å². The van der Waals surface area contributed by atoms with Gasteiger partial charge in [0.05, 0.1) is 5.69 Å². The molecule has 106 valence electrons. The summed E-state index contributed by atoms with van der Waals surface area (Å²) >= 11 is 6.86. The van der Waals surface area contributed by atoms with Gasteiger partial charge in [-0.1, -0.05) is 25.4 Å². The zero-order valence-corrected chi connectivity index (χ0v) is 12.6. The van der Waals surface area contributed by atoms with E-state index in [2.05, 4.69) is 4.98 Å². The first kappa shape index (κ1) is 14.9. The predicted octanol–water partition coefficient (Wildman–Crippen LogP) is 4.50. The van der Waals surface area contributed by atoms with Gasteiger partial charge in [-0.2, -0.15) is 0 Å². The smallest absolute Gasteiger partial charge is 0.347 e. The van der Waals surface area contributed by atoms with Crippen molar-refractivity contribution < 1.29 is 14.3 Å². The molecule has 0 bridgehead atoms. The van der Waals surface area contributed by atoms with Crippen molar-refractivity contribution in [1.29, 1.82) is 0 Å². The van der Waals surface area contributed by atoms with Gasteiger partial charge in [-0.05, 0) is 30.5 Å². The number of carboxylic acids is 1. The molecule has 20 heavy (non-hydrogen) atoms. The van der Waals surface area contributed by atoms with E-state index in [0.717, 1.165) is 11.3 Å². The van der Waals surface area contributed by atoms with Crippen LogP contribution in [0.5, 0.6) is 0 Å². The Kier molecular flexibility index (Phi) is 4.40. The Bertz CT molecular complexity index is 634. The number of benzene rings is 1. The lowest BCUT2D eigenvalue weighted by Crippen LogP contribution is -2.02. The molecular formula is C14H13ClFNO2S. The molecule has 1 heterocycles. The summed E-state index contributed by atoms with van der Waals surface area (Å²) in [5, 5.41) is 9.95. The largest absolute Gasteiger partial charge is 0.477 e. The van der Waals surface area contributed by atoms with Crippen molar-refractivity contribution in [3.05, 3.63) is 39.6 Å². The topological polar surface area (TPSA) is 50.2 Å². The molecular weight excluding hydrogens is 301 g/mol. The molecule has 6 heteroatoms. The highest BCUT2D eigenvalue weighted by Gasteiger charge is 2.19. The fourth-order valence-corrected chi connectivity index (χ4v) is 2.99. The summed E-state index contributed by atoms with van der Waals surface area (Å²) in [7, 11) is 0. The highest BCUT2D eigenvalue weighted by atomic mass is 35.5. The summed E-state index contributed by atoms with van der Waals surface area (Å²) in [5.74, 6) is -1.18. The van der Waals surface area contributed by atoms with E-state index in [-0.39, 0.29) is 9.90 Å². The molecule has 1 N–H and O–H groups in total. The highest BCUT2D eigenvalue weighted by Crippen LogP contribution is 2.31. The second-order valence-electron chi connectivity index (χ2n) is 4.86. The van der Waals surface area contributed by atoms with Gasteiger partial charge in [0.1, 0.15) is 15.7 Å². The molecule has 0 unspecified atom stereocenters. The number of rotatable bonds is 4. The Balaban J connectivity index is 2.49. The van der Waals surface area contributed by atoms with E-state index in [1.807, 2.05) is 13.8 Å². The lowest BCUT2D eigenvalue weighted by Gasteiger charge is -2.01. The van der Waals surface area contributed by atoms with Gasteiger partial charge >= 0.3 is 5.97 Å². The first-order valence-corrected chi connectivity index (χ1v) is 7.25. The van der Waals surface area contributed by atoms with Crippen molar-refractivity contribution in [1.82, 2.24) is 4.98 Å². The van der Waals surface area contributed by atoms with E-state index in [4.69, 9.17) is 11.6 Å². The molecule has 0 aliphatic heterocycles. The molecule has 1 aromatic carbocycles. The minimum atomic E-state index is -1.01. The number of aromatic carboxylic acids is 1. The van der Waals surface area contributed by atoms with Crippen LogP contribution in [-0.4, -0.2) is 16.1 Å². The Morgan fingerprint density at radius 3 is 2.70 bits per heavy atom. The number of carbonyl (C=O) groups is 1. The van der Waals surface area contributed by atoms with E-state index in [1.165, 1.54) is 12.1 Å². The SMILES string of the molecule is CC(C)Cc1nc(-c2cc(F)cc(Cl)c2)sc1C(=O)O. The average molecular weight is 314 g/mol. The number of halogens is 2. The third-order valence-electron chi connectivity index (χ3n) is 2.60. The fraction of sp³-hybridized carbons (Fsp3) is 0.286. The number of thiazole rings is 1. The summed E-state index contributed by atoms with van der Waals surface area (Å²) in [6, 6.07) is 4.08. The van der Waals surface area contributed by atoms with Crippen molar-refractivity contribution in [2.75, 3.05) is 0 Å². The van der Waals surface area contributed by atoms with Gasteiger partial charge in [-0.15, -0.1) is 11.3 Å². The van der Waals surface area contributed by atoms with E-state index in [0.29, 0.717) is 28.6 Å². The lowest BCUT2D eigenvalue weighted by molar-refractivity contribution is 0.0700. The van der Waals surface area contributed by atoms with Crippen LogP contribution in [0.3, 0.4) is 0 Å². The van der Waals surface area contributed by atoms with Crippen molar-refractivity contribution in [2.45, 2.75) is 20.3 Å². The monoisotopic (exact) mass is 313 g/mol. The molecule has 0 fully saturated rings. The zero-order chi connectivity index (χ0) is 14.9. The second-order valence-corrected chi connectivity index (χ2v) is 6.29. The minimum absolute atomic E-state index is 0.203. The molecule has 2 rings (SSSR count). The quantitative estimate of drug-likeness (QED) is 0.904. The van der Waals surface area contributed by atoms with Crippen LogP contribution in [0.15, 0.2) is 18.2 Å². The average Bonchev–Trinajstić information content (AvgIpc) is 2.70. The first-order valence-electron chi connectivity index (χ1n) is 6.06. The number of aromatic nitrogens is 1. The van der Waals surface area contributed by atoms with Gasteiger partial charge in [-0.3, -0.25) is 0 Å². The van der Waals surface area contributed by atoms with E-state index >= 15 is 0 Å². The summed E-state index contributed by atoms with van der Waals surface area (Å²) in [4.78, 5) is 15.8. The Morgan fingerprint density at radius 1 is 1.45 bits per heavy atom. The number of hydrogen-bond donors (Lipinski definition) is 1. The van der Waals surface area contributed by atoms with Crippen molar-refractivity contribution in [3.8, 4) is 10.6 Å². The molecule has 3 nitrogen and oxygen atoms in total. The normalized spacial score (nSPS) is 11.1. The van der Waals surface area contributed by atoms with Gasteiger partial charge in [-0.25, -0.2) is 14.2 Å². The van der Waals surface area contributed by atoms with Crippen molar-refractivity contribution >= 4 is 28.9 Å². The second kappa shape index (κ2) is 5.89. The van der Waals surface area contributed by atoms with Crippen LogP contribution >= 0.6 is 22.9 Å². The van der Waals surface area contributed by atoms with Gasteiger partial charge in [0.15, 0.2) is 0 Å². The van der Waals surface area contributed by atoms with Crippen LogP contribution in [0.1, 0.15) is 29.2 Å². The predicted molar refractivity (Wildman–Crippen MR) is 78.0 cm³/mol. The van der Waals surface area contributed by atoms with E-state index in [1.54, 1.807) is 6.07 Å². The summed E-state index contributed by atoms with van der Waals surface area (Å²) in [5.41, 5.74) is 1.03. The summed E-state index contributed by atoms with van der Waals surface area (Å²) in [6.45, 7) is 3.98. The molecule has 0 saturated carbocycles. The van der Waals surface area contributed by atoms with Gasteiger partial charge in [0, 0.05) is 10.6 Å². The number of nitrogens with zero attached hydrogens (tertiary/aromatic N) is 1. The molecule has 1 aromatic heterocycles. The fourth-order valence-electron chi connectivity index (χ4n) is 1.84. The lowest BCUT2D eigenvalue weighted by atomic mass is 10.1. The molecule has 0 aliphatic rings. The molecule has 2 aromatic rings. The van der Waals surface area contributed by atoms with Crippen LogP contribution < -0.4 is 0 Å². The first-order chi connectivity index (χ1) is 9.36. The molecule has 0 atom stereocenters. The summed E-state index contributed by atoms with van der Waals surface area (Å²) < 4.78 is 13.4. The van der Waals surface area contributed by atoms with Crippen LogP contribution in [0.4, 0.5) is 4.39 Å². The van der Waals surface area contributed by atoms with Crippen LogP contribution in [0.2, 0.25) is 5.02 Å². The number of hydrogen-bond acceptors (Lipinski definition) is 3. The van der Waals surface area contributed by atoms with Crippen LogP contribution in [-0.2, 0) is 6.42 Å². The maximum Gasteiger partial charge on any atom is 0.347 e. The Morgan fingerprint density at radius 2 is 2.15 bits per heavy atom. The van der Waals surface area contributed by atoms with E-state index in [9.17, 15) is 14.3 Å². The third kappa shape index (κ3) is 3.35. The third-order valence-corrected chi connectivity index (χ3v) is 3.96.